The molecular weight excluding hydrogens is 320 g/mol. The summed E-state index contributed by atoms with van der Waals surface area (Å²) >= 11 is 0. The summed E-state index contributed by atoms with van der Waals surface area (Å²) in [6.07, 6.45) is 6.45. The summed E-state index contributed by atoms with van der Waals surface area (Å²) in [6.45, 7) is 1.99. The molecule has 1 amide bonds. The SMILES string of the molecule is Cc1cccc(CCC(=O)N[C@H]2[C@@H]3CCCC[C@H]3[C@@H]2c2ccccc2)n1. The van der Waals surface area contributed by atoms with Crippen LogP contribution in [0, 0.1) is 18.8 Å². The Balaban J connectivity index is 1.41. The van der Waals surface area contributed by atoms with Crippen LogP contribution in [0.25, 0.3) is 0 Å². The predicted octanol–water partition coefficient (Wildman–Crippen LogP) is 4.41. The molecule has 26 heavy (non-hydrogen) atoms. The van der Waals surface area contributed by atoms with E-state index in [0.29, 0.717) is 30.7 Å². The molecule has 0 spiro atoms. The van der Waals surface area contributed by atoms with E-state index < -0.39 is 0 Å². The third kappa shape index (κ3) is 3.53. The predicted molar refractivity (Wildman–Crippen MR) is 104 cm³/mol. The van der Waals surface area contributed by atoms with E-state index in [1.54, 1.807) is 0 Å². The zero-order valence-electron chi connectivity index (χ0n) is 15.5. The molecule has 0 saturated heterocycles. The maximum Gasteiger partial charge on any atom is 0.220 e. The van der Waals surface area contributed by atoms with Gasteiger partial charge in [0.25, 0.3) is 0 Å². The molecule has 3 nitrogen and oxygen atoms in total. The van der Waals surface area contributed by atoms with Crippen molar-refractivity contribution >= 4 is 5.91 Å². The Morgan fingerprint density at radius 1 is 1.04 bits per heavy atom. The van der Waals surface area contributed by atoms with E-state index in [4.69, 9.17) is 0 Å². The standard InChI is InChI=1S/C23H28N2O/c1-16-8-7-11-18(24-16)14-15-21(26)25-23-20-13-6-5-12-19(20)22(23)17-9-3-2-4-10-17/h2-4,7-11,19-20,22-23H,5-6,12-15H2,1H3,(H,25,26)/t19-,20-,22+,23+/m1/s1. The first-order chi connectivity index (χ1) is 12.7. The first-order valence-electron chi connectivity index (χ1n) is 9.99. The summed E-state index contributed by atoms with van der Waals surface area (Å²) in [5.41, 5.74) is 3.40. The average Bonchev–Trinajstić information content (AvgIpc) is 2.66. The molecule has 2 aliphatic carbocycles. The van der Waals surface area contributed by atoms with Crippen LogP contribution in [0.1, 0.15) is 55.0 Å². The van der Waals surface area contributed by atoms with Crippen LogP contribution in [0.15, 0.2) is 48.5 Å². The number of aromatic nitrogens is 1. The fourth-order valence-corrected chi connectivity index (χ4v) is 5.03. The highest BCUT2D eigenvalue weighted by Gasteiger charge is 2.51. The van der Waals surface area contributed by atoms with Crippen LogP contribution in [0.2, 0.25) is 0 Å². The largest absolute Gasteiger partial charge is 0.352 e. The second-order valence-electron chi connectivity index (χ2n) is 7.91. The van der Waals surface area contributed by atoms with Crippen LogP contribution < -0.4 is 5.32 Å². The third-order valence-corrected chi connectivity index (χ3v) is 6.25. The number of hydrogen-bond donors (Lipinski definition) is 1. The first kappa shape index (κ1) is 17.3. The molecule has 4 rings (SSSR count). The van der Waals surface area contributed by atoms with Crippen molar-refractivity contribution in [3.63, 3.8) is 0 Å². The number of hydrogen-bond acceptors (Lipinski definition) is 2. The molecule has 2 saturated carbocycles. The highest BCUT2D eigenvalue weighted by Crippen LogP contribution is 2.54. The summed E-state index contributed by atoms with van der Waals surface area (Å²) in [7, 11) is 0. The Bertz CT molecular complexity index is 758. The van der Waals surface area contributed by atoms with Gasteiger partial charge < -0.3 is 5.32 Å². The molecule has 2 aromatic rings. The number of carbonyl (C=O) groups excluding carboxylic acids is 1. The number of nitrogens with one attached hydrogen (secondary N) is 1. The molecule has 2 fully saturated rings. The third-order valence-electron chi connectivity index (χ3n) is 6.25. The zero-order chi connectivity index (χ0) is 17.9. The van der Waals surface area contributed by atoms with E-state index in [1.165, 1.54) is 31.2 Å². The van der Waals surface area contributed by atoms with Gasteiger partial charge in [0.1, 0.15) is 0 Å². The minimum atomic E-state index is 0.170. The Morgan fingerprint density at radius 3 is 2.58 bits per heavy atom. The molecule has 0 aliphatic heterocycles. The number of rotatable bonds is 5. The van der Waals surface area contributed by atoms with Gasteiger partial charge in [-0.1, -0.05) is 49.2 Å². The summed E-state index contributed by atoms with van der Waals surface area (Å²) in [6, 6.07) is 17.1. The zero-order valence-corrected chi connectivity index (χ0v) is 15.5. The Kier molecular flexibility index (Phi) is 5.05. The monoisotopic (exact) mass is 348 g/mol. The highest BCUT2D eigenvalue weighted by atomic mass is 16.1. The second kappa shape index (κ2) is 7.61. The molecule has 0 radical (unpaired) electrons. The van der Waals surface area contributed by atoms with E-state index >= 15 is 0 Å². The summed E-state index contributed by atoms with van der Waals surface area (Å²) in [4.78, 5) is 17.1. The van der Waals surface area contributed by atoms with Crippen molar-refractivity contribution in [3.8, 4) is 0 Å². The van der Waals surface area contributed by atoms with Crippen molar-refractivity contribution < 1.29 is 4.79 Å². The van der Waals surface area contributed by atoms with Crippen molar-refractivity contribution in [1.82, 2.24) is 10.3 Å². The van der Waals surface area contributed by atoms with E-state index in [9.17, 15) is 4.79 Å². The number of carbonyl (C=O) groups is 1. The van der Waals surface area contributed by atoms with Gasteiger partial charge in [-0.25, -0.2) is 0 Å². The van der Waals surface area contributed by atoms with Gasteiger partial charge in [-0.3, -0.25) is 9.78 Å². The maximum absolute atomic E-state index is 12.6. The van der Waals surface area contributed by atoms with Crippen molar-refractivity contribution in [1.29, 1.82) is 0 Å². The minimum Gasteiger partial charge on any atom is -0.352 e. The van der Waals surface area contributed by atoms with Gasteiger partial charge in [-0.15, -0.1) is 0 Å². The van der Waals surface area contributed by atoms with Gasteiger partial charge in [0, 0.05) is 29.8 Å². The summed E-state index contributed by atoms with van der Waals surface area (Å²) in [5.74, 6) is 2.07. The fourth-order valence-electron chi connectivity index (χ4n) is 5.03. The molecule has 1 heterocycles. The van der Waals surface area contributed by atoms with E-state index in [1.807, 2.05) is 25.1 Å². The fraction of sp³-hybridized carbons (Fsp3) is 0.478. The molecule has 1 aromatic carbocycles. The number of amides is 1. The molecule has 0 unspecified atom stereocenters. The molecule has 2 aliphatic rings. The number of benzene rings is 1. The lowest BCUT2D eigenvalue weighted by Gasteiger charge is -2.55. The summed E-state index contributed by atoms with van der Waals surface area (Å²) in [5, 5.41) is 3.38. The van der Waals surface area contributed by atoms with Gasteiger partial charge in [-0.2, -0.15) is 0 Å². The van der Waals surface area contributed by atoms with Crippen LogP contribution in [-0.4, -0.2) is 16.9 Å². The minimum absolute atomic E-state index is 0.170. The lowest BCUT2D eigenvalue weighted by atomic mass is 9.53. The summed E-state index contributed by atoms with van der Waals surface area (Å²) < 4.78 is 0. The van der Waals surface area contributed by atoms with E-state index in [0.717, 1.165) is 17.3 Å². The lowest BCUT2D eigenvalue weighted by Crippen LogP contribution is -2.59. The van der Waals surface area contributed by atoms with Gasteiger partial charge in [0.05, 0.1) is 0 Å². The average molecular weight is 348 g/mol. The lowest BCUT2D eigenvalue weighted by molar-refractivity contribution is -0.124. The molecule has 1 aromatic heterocycles. The molecular formula is C23H28N2O. The van der Waals surface area contributed by atoms with Crippen LogP contribution in [0.4, 0.5) is 0 Å². The number of fused-ring (bicyclic) bond motifs is 1. The number of nitrogens with zero attached hydrogens (tertiary/aromatic N) is 1. The Labute approximate surface area is 156 Å². The van der Waals surface area contributed by atoms with Gasteiger partial charge in [0.15, 0.2) is 0 Å². The van der Waals surface area contributed by atoms with Crippen molar-refractivity contribution in [2.24, 2.45) is 11.8 Å². The molecule has 0 bridgehead atoms. The molecule has 4 atom stereocenters. The van der Waals surface area contributed by atoms with E-state index in [-0.39, 0.29) is 5.91 Å². The molecule has 3 heteroatoms. The quantitative estimate of drug-likeness (QED) is 0.869. The van der Waals surface area contributed by atoms with Crippen LogP contribution >= 0.6 is 0 Å². The van der Waals surface area contributed by atoms with Gasteiger partial charge in [0.2, 0.25) is 5.91 Å². The van der Waals surface area contributed by atoms with Crippen LogP contribution in [-0.2, 0) is 11.2 Å². The number of pyridine rings is 1. The maximum atomic E-state index is 12.6. The van der Waals surface area contributed by atoms with Gasteiger partial charge >= 0.3 is 0 Å². The van der Waals surface area contributed by atoms with Crippen LogP contribution in [0.5, 0.6) is 0 Å². The first-order valence-corrected chi connectivity index (χ1v) is 9.99. The van der Waals surface area contributed by atoms with Crippen molar-refractivity contribution in [2.45, 2.75) is 57.4 Å². The molecule has 136 valence electrons. The van der Waals surface area contributed by atoms with Crippen molar-refractivity contribution in [2.75, 3.05) is 0 Å². The number of aryl methyl sites for hydroxylation is 2. The Morgan fingerprint density at radius 2 is 1.81 bits per heavy atom. The van der Waals surface area contributed by atoms with Crippen molar-refractivity contribution in [3.05, 3.63) is 65.5 Å². The highest BCUT2D eigenvalue weighted by molar-refractivity contribution is 5.77. The van der Waals surface area contributed by atoms with Gasteiger partial charge in [-0.05, 0) is 55.7 Å². The smallest absolute Gasteiger partial charge is 0.220 e. The van der Waals surface area contributed by atoms with Crippen LogP contribution in [0.3, 0.4) is 0 Å². The Hall–Kier alpha value is -2.16. The molecule has 1 N–H and O–H groups in total. The second-order valence-corrected chi connectivity index (χ2v) is 7.91. The van der Waals surface area contributed by atoms with E-state index in [2.05, 4.69) is 40.6 Å². The topological polar surface area (TPSA) is 42.0 Å². The normalized spacial score (nSPS) is 27.3.